The molecule has 0 radical (unpaired) electrons. The fourth-order valence-corrected chi connectivity index (χ4v) is 4.65. The third kappa shape index (κ3) is 3.20. The van der Waals surface area contributed by atoms with E-state index in [4.69, 9.17) is 11.6 Å². The third-order valence-corrected chi connectivity index (χ3v) is 6.55. The zero-order valence-electron chi connectivity index (χ0n) is 12.8. The smallest absolute Gasteiger partial charge is 0.243 e. The second-order valence-corrected chi connectivity index (χ2v) is 7.77. The number of anilines is 1. The highest BCUT2D eigenvalue weighted by atomic mass is 35.5. The molecule has 0 N–H and O–H groups in total. The predicted molar refractivity (Wildman–Crippen MR) is 91.4 cm³/mol. The van der Waals surface area contributed by atoms with Crippen molar-refractivity contribution in [2.24, 2.45) is 0 Å². The molecule has 122 valence electrons. The molecule has 2 aromatic rings. The number of sulfonamides is 1. The summed E-state index contributed by atoms with van der Waals surface area (Å²) in [5.74, 6) is 0. The first-order valence-electron chi connectivity index (χ1n) is 7.40. The summed E-state index contributed by atoms with van der Waals surface area (Å²) >= 11 is 6.06. The monoisotopic (exact) mass is 351 g/mol. The van der Waals surface area contributed by atoms with E-state index in [1.165, 1.54) is 4.31 Å². The summed E-state index contributed by atoms with van der Waals surface area (Å²) in [5, 5.41) is 0.474. The number of piperazine rings is 1. The van der Waals surface area contributed by atoms with Crippen LogP contribution >= 0.6 is 11.6 Å². The second-order valence-electron chi connectivity index (χ2n) is 5.46. The van der Waals surface area contributed by atoms with Gasteiger partial charge < -0.3 is 4.90 Å². The van der Waals surface area contributed by atoms with Crippen LogP contribution < -0.4 is 4.90 Å². The van der Waals surface area contributed by atoms with Gasteiger partial charge in [0, 0.05) is 49.3 Å². The van der Waals surface area contributed by atoms with Crippen molar-refractivity contribution < 1.29 is 8.42 Å². The molecule has 2 heterocycles. The second kappa shape index (κ2) is 6.47. The molecule has 0 aliphatic carbocycles. The summed E-state index contributed by atoms with van der Waals surface area (Å²) in [6.45, 7) is 3.96. The lowest BCUT2D eigenvalue weighted by atomic mass is 10.2. The van der Waals surface area contributed by atoms with Crippen molar-refractivity contribution in [1.82, 2.24) is 9.29 Å². The summed E-state index contributed by atoms with van der Waals surface area (Å²) < 4.78 is 27.2. The van der Waals surface area contributed by atoms with Crippen LogP contribution in [0.2, 0.25) is 5.02 Å². The third-order valence-electron chi connectivity index (χ3n) is 4.10. The maximum atomic E-state index is 12.8. The minimum Gasteiger partial charge on any atom is -0.369 e. The van der Waals surface area contributed by atoms with Gasteiger partial charge in [0.25, 0.3) is 0 Å². The molecule has 5 nitrogen and oxygen atoms in total. The fourth-order valence-electron chi connectivity index (χ4n) is 2.75. The van der Waals surface area contributed by atoms with Gasteiger partial charge in [-0.15, -0.1) is 0 Å². The van der Waals surface area contributed by atoms with Crippen LogP contribution in [0.4, 0.5) is 5.69 Å². The SMILES string of the molecule is Cc1c(Cl)cccc1S(=O)(=O)N1CCN(c2ccncc2)CC1. The van der Waals surface area contributed by atoms with Gasteiger partial charge in [-0.2, -0.15) is 4.31 Å². The largest absolute Gasteiger partial charge is 0.369 e. The molecular weight excluding hydrogens is 334 g/mol. The lowest BCUT2D eigenvalue weighted by molar-refractivity contribution is 0.384. The highest BCUT2D eigenvalue weighted by molar-refractivity contribution is 7.89. The Balaban J connectivity index is 1.78. The molecule has 1 aliphatic heterocycles. The highest BCUT2D eigenvalue weighted by Crippen LogP contribution is 2.26. The standard InChI is InChI=1S/C16H18ClN3O2S/c1-13-15(17)3-2-4-16(13)23(21,22)20-11-9-19(10-12-20)14-5-7-18-8-6-14/h2-8H,9-12H2,1H3. The Labute approximate surface area is 141 Å². The Hall–Kier alpha value is -1.63. The van der Waals surface area contributed by atoms with Crippen LogP contribution in [-0.4, -0.2) is 43.9 Å². The molecule has 1 aromatic carbocycles. The molecule has 3 rings (SSSR count). The van der Waals surface area contributed by atoms with E-state index in [0.717, 1.165) is 5.69 Å². The molecular formula is C16H18ClN3O2S. The van der Waals surface area contributed by atoms with Crippen molar-refractivity contribution in [2.75, 3.05) is 31.1 Å². The zero-order chi connectivity index (χ0) is 16.4. The van der Waals surface area contributed by atoms with E-state index in [0.29, 0.717) is 41.7 Å². The number of hydrogen-bond acceptors (Lipinski definition) is 4. The number of halogens is 1. The average molecular weight is 352 g/mol. The van der Waals surface area contributed by atoms with Gasteiger partial charge in [-0.25, -0.2) is 8.42 Å². The van der Waals surface area contributed by atoms with E-state index in [2.05, 4.69) is 9.88 Å². The first-order valence-corrected chi connectivity index (χ1v) is 9.22. The van der Waals surface area contributed by atoms with Crippen LogP contribution in [0, 0.1) is 6.92 Å². The van der Waals surface area contributed by atoms with E-state index < -0.39 is 10.0 Å². The van der Waals surface area contributed by atoms with Crippen LogP contribution in [0.1, 0.15) is 5.56 Å². The lowest BCUT2D eigenvalue weighted by Crippen LogP contribution is -2.48. The maximum absolute atomic E-state index is 12.8. The maximum Gasteiger partial charge on any atom is 0.243 e. The van der Waals surface area contributed by atoms with Gasteiger partial charge in [-0.3, -0.25) is 4.98 Å². The molecule has 0 unspecified atom stereocenters. The van der Waals surface area contributed by atoms with E-state index in [1.54, 1.807) is 37.5 Å². The Kier molecular flexibility index (Phi) is 4.57. The summed E-state index contributed by atoms with van der Waals surface area (Å²) in [4.78, 5) is 6.47. The predicted octanol–water partition coefficient (Wildman–Crippen LogP) is 2.55. The van der Waals surface area contributed by atoms with E-state index in [9.17, 15) is 8.42 Å². The van der Waals surface area contributed by atoms with Crippen molar-refractivity contribution in [3.05, 3.63) is 53.3 Å². The highest BCUT2D eigenvalue weighted by Gasteiger charge is 2.30. The van der Waals surface area contributed by atoms with Crippen molar-refractivity contribution in [2.45, 2.75) is 11.8 Å². The normalized spacial score (nSPS) is 16.5. The summed E-state index contributed by atoms with van der Waals surface area (Å²) in [7, 11) is -3.51. The molecule has 7 heteroatoms. The van der Waals surface area contributed by atoms with Crippen LogP contribution in [0.5, 0.6) is 0 Å². The minimum atomic E-state index is -3.51. The van der Waals surface area contributed by atoms with Crippen molar-refractivity contribution in [1.29, 1.82) is 0 Å². The Morgan fingerprint density at radius 1 is 1.04 bits per heavy atom. The number of benzene rings is 1. The van der Waals surface area contributed by atoms with Gasteiger partial charge in [0.1, 0.15) is 0 Å². The quantitative estimate of drug-likeness (QED) is 0.852. The van der Waals surface area contributed by atoms with Crippen LogP contribution in [0.3, 0.4) is 0 Å². The Bertz CT molecular complexity index is 788. The number of hydrogen-bond donors (Lipinski definition) is 0. The first-order chi connectivity index (χ1) is 11.0. The molecule has 1 saturated heterocycles. The van der Waals surface area contributed by atoms with Gasteiger partial charge >= 0.3 is 0 Å². The van der Waals surface area contributed by atoms with Gasteiger partial charge in [-0.05, 0) is 36.8 Å². The van der Waals surface area contributed by atoms with Crippen LogP contribution in [-0.2, 0) is 10.0 Å². The molecule has 0 saturated carbocycles. The summed E-state index contributed by atoms with van der Waals surface area (Å²) in [6, 6.07) is 8.87. The topological polar surface area (TPSA) is 53.5 Å². The minimum absolute atomic E-state index is 0.294. The van der Waals surface area contributed by atoms with Crippen LogP contribution in [0.25, 0.3) is 0 Å². The van der Waals surface area contributed by atoms with Gasteiger partial charge in [-0.1, -0.05) is 17.7 Å². The Morgan fingerprint density at radius 3 is 2.35 bits per heavy atom. The van der Waals surface area contributed by atoms with E-state index in [-0.39, 0.29) is 0 Å². The number of aromatic nitrogens is 1. The van der Waals surface area contributed by atoms with E-state index >= 15 is 0 Å². The summed E-state index contributed by atoms with van der Waals surface area (Å²) in [5.41, 5.74) is 1.67. The molecule has 0 spiro atoms. The number of nitrogens with zero attached hydrogens (tertiary/aromatic N) is 3. The number of pyridine rings is 1. The molecule has 1 aromatic heterocycles. The molecule has 1 aliphatic rings. The lowest BCUT2D eigenvalue weighted by Gasteiger charge is -2.35. The van der Waals surface area contributed by atoms with Gasteiger partial charge in [0.2, 0.25) is 10.0 Å². The van der Waals surface area contributed by atoms with Crippen LogP contribution in [0.15, 0.2) is 47.6 Å². The Morgan fingerprint density at radius 2 is 1.70 bits per heavy atom. The number of rotatable bonds is 3. The van der Waals surface area contributed by atoms with Gasteiger partial charge in [0.05, 0.1) is 4.90 Å². The zero-order valence-corrected chi connectivity index (χ0v) is 14.4. The van der Waals surface area contributed by atoms with Crippen molar-refractivity contribution in [3.8, 4) is 0 Å². The van der Waals surface area contributed by atoms with Gasteiger partial charge in [0.15, 0.2) is 0 Å². The molecule has 1 fully saturated rings. The molecule has 0 amide bonds. The first kappa shape index (κ1) is 16.2. The molecule has 0 bridgehead atoms. The molecule has 0 atom stereocenters. The van der Waals surface area contributed by atoms with Crippen molar-refractivity contribution in [3.63, 3.8) is 0 Å². The average Bonchev–Trinajstić information content (AvgIpc) is 2.58. The van der Waals surface area contributed by atoms with Crippen molar-refractivity contribution >= 4 is 27.3 Å². The molecule has 23 heavy (non-hydrogen) atoms. The fraction of sp³-hybridized carbons (Fsp3) is 0.312. The van der Waals surface area contributed by atoms with E-state index in [1.807, 2.05) is 12.1 Å². The summed E-state index contributed by atoms with van der Waals surface area (Å²) in [6.07, 6.45) is 3.49.